The number of hydrogen-bond acceptors (Lipinski definition) is 7. The first-order valence-electron chi connectivity index (χ1n) is 16.3. The summed E-state index contributed by atoms with van der Waals surface area (Å²) in [6, 6.07) is 0.0464. The SMILES string of the molecule is C=C/C(C(N)=O)=C(N[C@@H]1CC2CN(C(=O)C(C)(C)O)C[C@@H]2[C@H]1C)\C(=C\C(=C)/C(C)=C/N=C(C)C(=C)NC)NC.CC.CC.CC. The third-order valence-electron chi connectivity index (χ3n) is 7.79. The summed E-state index contributed by atoms with van der Waals surface area (Å²) in [6.07, 6.45) is 5.85. The highest BCUT2D eigenvalue weighted by Gasteiger charge is 2.48. The van der Waals surface area contributed by atoms with Crippen LogP contribution in [0.3, 0.4) is 0 Å². The molecule has 1 saturated heterocycles. The lowest BCUT2D eigenvalue weighted by atomic mass is 9.92. The van der Waals surface area contributed by atoms with E-state index in [1.54, 1.807) is 25.2 Å². The second-order valence-corrected chi connectivity index (χ2v) is 11.0. The molecule has 1 saturated carbocycles. The molecular weight excluding hydrogens is 564 g/mol. The van der Waals surface area contributed by atoms with Gasteiger partial charge in [0.05, 0.1) is 22.7 Å². The molecule has 0 aromatic heterocycles. The molecule has 6 N–H and O–H groups in total. The first-order chi connectivity index (χ1) is 21.2. The second kappa shape index (κ2) is 21.2. The van der Waals surface area contributed by atoms with Crippen LogP contribution in [0.1, 0.15) is 82.6 Å². The van der Waals surface area contributed by atoms with E-state index in [9.17, 15) is 14.7 Å². The smallest absolute Gasteiger partial charge is 0.253 e. The average Bonchev–Trinajstić information content (AvgIpc) is 3.58. The molecule has 256 valence electrons. The third-order valence-corrected chi connectivity index (χ3v) is 7.79. The predicted octanol–water partition coefficient (Wildman–Crippen LogP) is 5.59. The fourth-order valence-electron chi connectivity index (χ4n) is 5.23. The number of hydrogen-bond donors (Lipinski definition) is 5. The first-order valence-corrected chi connectivity index (χ1v) is 16.3. The molecule has 0 spiro atoms. The lowest BCUT2D eigenvalue weighted by Crippen LogP contribution is -2.45. The quantitative estimate of drug-likeness (QED) is 0.109. The monoisotopic (exact) mass is 629 g/mol. The summed E-state index contributed by atoms with van der Waals surface area (Å²) in [7, 11) is 3.56. The number of primary amides is 1. The topological polar surface area (TPSA) is 132 Å². The second-order valence-electron chi connectivity index (χ2n) is 11.0. The molecule has 45 heavy (non-hydrogen) atoms. The lowest BCUT2D eigenvalue weighted by Gasteiger charge is -2.29. The lowest BCUT2D eigenvalue weighted by molar-refractivity contribution is -0.147. The van der Waals surface area contributed by atoms with Crippen LogP contribution < -0.4 is 21.7 Å². The highest BCUT2D eigenvalue weighted by molar-refractivity contribution is 5.97. The van der Waals surface area contributed by atoms with Gasteiger partial charge in [-0.2, -0.15) is 0 Å². The number of fused-ring (bicyclic) bond motifs is 1. The Labute approximate surface area is 274 Å². The molecule has 1 aliphatic carbocycles. The molecule has 2 aliphatic rings. The number of rotatable bonds is 12. The number of likely N-dealkylation sites (N-methyl/N-ethyl adjacent to an activating group) is 1. The van der Waals surface area contributed by atoms with Crippen molar-refractivity contribution in [1.82, 2.24) is 20.9 Å². The van der Waals surface area contributed by atoms with Crippen molar-refractivity contribution in [3.63, 3.8) is 0 Å². The Kier molecular flexibility index (Phi) is 20.5. The van der Waals surface area contributed by atoms with Crippen LogP contribution in [0.4, 0.5) is 0 Å². The Hall–Kier alpha value is -3.59. The number of likely N-dealkylation sites (tertiary alicyclic amines) is 1. The Bertz CT molecular complexity index is 1140. The zero-order valence-corrected chi connectivity index (χ0v) is 30.5. The van der Waals surface area contributed by atoms with Crippen molar-refractivity contribution in [2.45, 2.75) is 94.2 Å². The van der Waals surface area contributed by atoms with Crippen LogP contribution in [-0.4, -0.2) is 66.4 Å². The molecule has 9 heteroatoms. The van der Waals surface area contributed by atoms with Crippen molar-refractivity contribution in [2.75, 3.05) is 27.2 Å². The van der Waals surface area contributed by atoms with Crippen LogP contribution >= 0.6 is 0 Å². The highest BCUT2D eigenvalue weighted by atomic mass is 16.3. The van der Waals surface area contributed by atoms with Crippen molar-refractivity contribution in [3.05, 3.63) is 71.9 Å². The minimum atomic E-state index is -1.39. The van der Waals surface area contributed by atoms with Gasteiger partial charge in [-0.15, -0.1) is 0 Å². The van der Waals surface area contributed by atoms with Gasteiger partial charge >= 0.3 is 0 Å². The van der Waals surface area contributed by atoms with Crippen molar-refractivity contribution in [2.24, 2.45) is 28.5 Å². The summed E-state index contributed by atoms with van der Waals surface area (Å²) >= 11 is 0. The summed E-state index contributed by atoms with van der Waals surface area (Å²) < 4.78 is 0. The standard InChI is InChI=1S/C30H46N6O3.3C2H6/c1-11-23(28(31)37)27(26(33-10)12-17(2)18(3)14-34-21(6)20(5)32-9)35-25-13-22-15-36(16-24(22)19(25)4)29(38)30(7,8)39;3*1-2/h11-12,14,19,22,24-25,32-33,35,39H,1-2,5,13,15-16H2,3-4,6-10H3,(H2,31,37);3*1-2H3/b18-14+,26-12-,27-23-,34-21?;;;/t19-,22?,24-,25-;;;/m1.../s1. The summed E-state index contributed by atoms with van der Waals surface area (Å²) in [5.41, 5.74) is 8.86. The number of allylic oxidation sites excluding steroid dienone is 4. The van der Waals surface area contributed by atoms with Crippen molar-refractivity contribution >= 4 is 17.5 Å². The molecule has 2 fully saturated rings. The summed E-state index contributed by atoms with van der Waals surface area (Å²) in [6.45, 7) is 34.1. The molecular formula is C36H64N6O3. The fourth-order valence-corrected chi connectivity index (χ4v) is 5.23. The Morgan fingerprint density at radius 3 is 2.00 bits per heavy atom. The molecule has 0 radical (unpaired) electrons. The predicted molar refractivity (Wildman–Crippen MR) is 192 cm³/mol. The number of aliphatic hydroxyl groups is 1. The van der Waals surface area contributed by atoms with Crippen LogP contribution in [0.15, 0.2) is 76.9 Å². The van der Waals surface area contributed by atoms with E-state index in [-0.39, 0.29) is 29.4 Å². The van der Waals surface area contributed by atoms with Gasteiger partial charge in [-0.05, 0) is 69.1 Å². The normalized spacial score (nSPS) is 21.6. The molecule has 2 amide bonds. The van der Waals surface area contributed by atoms with Crippen LogP contribution in [0.2, 0.25) is 0 Å². The average molecular weight is 629 g/mol. The maximum Gasteiger partial charge on any atom is 0.253 e. The number of amides is 2. The minimum Gasteiger partial charge on any atom is -0.387 e. The number of nitrogens with two attached hydrogens (primary N) is 1. The van der Waals surface area contributed by atoms with E-state index in [1.165, 1.54) is 19.9 Å². The van der Waals surface area contributed by atoms with E-state index >= 15 is 0 Å². The van der Waals surface area contributed by atoms with Gasteiger partial charge < -0.3 is 31.7 Å². The summed E-state index contributed by atoms with van der Waals surface area (Å²) in [5, 5.41) is 19.9. The Morgan fingerprint density at radius 1 is 1.02 bits per heavy atom. The maximum absolute atomic E-state index is 12.6. The van der Waals surface area contributed by atoms with Gasteiger partial charge in [0, 0.05) is 45.1 Å². The molecule has 1 unspecified atom stereocenters. The van der Waals surface area contributed by atoms with Gasteiger partial charge in [0.25, 0.3) is 11.8 Å². The van der Waals surface area contributed by atoms with Crippen LogP contribution in [0, 0.1) is 17.8 Å². The zero-order chi connectivity index (χ0) is 35.7. The highest BCUT2D eigenvalue weighted by Crippen LogP contribution is 2.43. The van der Waals surface area contributed by atoms with Crippen LogP contribution in [0.25, 0.3) is 0 Å². The largest absolute Gasteiger partial charge is 0.387 e. The Morgan fingerprint density at radius 2 is 1.58 bits per heavy atom. The minimum absolute atomic E-state index is 0.0464. The first kappa shape index (κ1) is 43.5. The summed E-state index contributed by atoms with van der Waals surface area (Å²) in [4.78, 5) is 31.3. The third kappa shape index (κ3) is 12.4. The van der Waals surface area contributed by atoms with E-state index in [1.807, 2.05) is 61.5 Å². The van der Waals surface area contributed by atoms with E-state index in [0.717, 1.165) is 23.4 Å². The molecule has 2 rings (SSSR count). The van der Waals surface area contributed by atoms with Gasteiger partial charge in [0.2, 0.25) is 0 Å². The molecule has 4 atom stereocenters. The number of nitrogens with zero attached hydrogens (tertiary/aromatic N) is 2. The van der Waals surface area contributed by atoms with Gasteiger partial charge in [-0.3, -0.25) is 14.6 Å². The van der Waals surface area contributed by atoms with E-state index < -0.39 is 11.5 Å². The van der Waals surface area contributed by atoms with Crippen LogP contribution in [-0.2, 0) is 9.59 Å². The number of aliphatic imine (C=N–C) groups is 1. The molecule has 0 aromatic rings. The van der Waals surface area contributed by atoms with Gasteiger partial charge in [0.1, 0.15) is 5.60 Å². The van der Waals surface area contributed by atoms with Crippen molar-refractivity contribution in [3.8, 4) is 0 Å². The van der Waals surface area contributed by atoms with Crippen molar-refractivity contribution < 1.29 is 14.7 Å². The van der Waals surface area contributed by atoms with E-state index in [4.69, 9.17) is 5.73 Å². The molecule has 0 aromatic carbocycles. The summed E-state index contributed by atoms with van der Waals surface area (Å²) in [5.74, 6) is -0.0453. The Balaban J connectivity index is 0. The van der Waals surface area contributed by atoms with Gasteiger partial charge in [-0.25, -0.2) is 0 Å². The van der Waals surface area contributed by atoms with Crippen molar-refractivity contribution in [1.29, 1.82) is 0 Å². The molecule has 1 aliphatic heterocycles. The zero-order valence-electron chi connectivity index (χ0n) is 30.5. The fraction of sp³-hybridized carbons (Fsp3) is 0.583. The van der Waals surface area contributed by atoms with Gasteiger partial charge in [0.15, 0.2) is 0 Å². The van der Waals surface area contributed by atoms with Crippen LogP contribution in [0.5, 0.6) is 0 Å². The number of carbonyl (C=O) groups is 2. The molecule has 1 heterocycles. The molecule has 9 nitrogen and oxygen atoms in total. The molecule has 0 bridgehead atoms. The number of nitrogens with one attached hydrogen (secondary N) is 3. The van der Waals surface area contributed by atoms with E-state index in [2.05, 4.69) is 47.6 Å². The van der Waals surface area contributed by atoms with Gasteiger partial charge in [-0.1, -0.05) is 74.3 Å². The maximum atomic E-state index is 12.6. The number of carbonyl (C=O) groups excluding carboxylic acids is 2. The van der Waals surface area contributed by atoms with E-state index in [0.29, 0.717) is 36.0 Å².